The number of carbonyl (C=O) groups is 1. The number of benzene rings is 2. The van der Waals surface area contributed by atoms with Crippen molar-refractivity contribution in [3.05, 3.63) is 58.9 Å². The van der Waals surface area contributed by atoms with Gasteiger partial charge >= 0.3 is 5.97 Å². The minimum absolute atomic E-state index is 0.0320. The van der Waals surface area contributed by atoms with Gasteiger partial charge in [-0.25, -0.2) is 9.78 Å². The van der Waals surface area contributed by atoms with E-state index in [1.165, 1.54) is 0 Å². The SMILES string of the molecule is CCCCOC(=O)c1nc(C2CC2)c2ccc(Oc3cccc(Cl)c3)cc2c1O. The van der Waals surface area contributed by atoms with Gasteiger partial charge in [0.15, 0.2) is 11.4 Å². The normalized spacial score (nSPS) is 13.4. The summed E-state index contributed by atoms with van der Waals surface area (Å²) in [4.78, 5) is 17.0. The molecule has 1 fully saturated rings. The lowest BCUT2D eigenvalue weighted by Crippen LogP contribution is -2.10. The zero-order valence-electron chi connectivity index (χ0n) is 16.2. The Bertz CT molecular complexity index is 1060. The summed E-state index contributed by atoms with van der Waals surface area (Å²) in [5.74, 6) is 0.656. The van der Waals surface area contributed by atoms with Crippen molar-refractivity contribution >= 4 is 28.3 Å². The maximum Gasteiger partial charge on any atom is 0.360 e. The summed E-state index contributed by atoms with van der Waals surface area (Å²) in [6, 6.07) is 12.5. The van der Waals surface area contributed by atoms with E-state index in [0.29, 0.717) is 34.4 Å². The van der Waals surface area contributed by atoms with Gasteiger partial charge in [0.05, 0.1) is 12.3 Å². The van der Waals surface area contributed by atoms with Crippen LogP contribution in [0.15, 0.2) is 42.5 Å². The fourth-order valence-electron chi connectivity index (χ4n) is 3.22. The summed E-state index contributed by atoms with van der Waals surface area (Å²) >= 11 is 6.02. The van der Waals surface area contributed by atoms with Crippen molar-refractivity contribution in [1.29, 1.82) is 0 Å². The van der Waals surface area contributed by atoms with Gasteiger partial charge in [0, 0.05) is 21.7 Å². The van der Waals surface area contributed by atoms with Crippen molar-refractivity contribution in [2.45, 2.75) is 38.5 Å². The summed E-state index contributed by atoms with van der Waals surface area (Å²) in [7, 11) is 0. The lowest BCUT2D eigenvalue weighted by molar-refractivity contribution is 0.0489. The Hall–Kier alpha value is -2.79. The van der Waals surface area contributed by atoms with E-state index in [0.717, 1.165) is 36.8 Å². The number of aromatic nitrogens is 1. The molecule has 1 N–H and O–H groups in total. The second kappa shape index (κ2) is 8.29. The Labute approximate surface area is 174 Å². The fraction of sp³-hybridized carbons (Fsp3) is 0.304. The van der Waals surface area contributed by atoms with Crippen molar-refractivity contribution in [3.63, 3.8) is 0 Å². The van der Waals surface area contributed by atoms with Crippen LogP contribution in [0.25, 0.3) is 10.8 Å². The van der Waals surface area contributed by atoms with E-state index in [-0.39, 0.29) is 11.4 Å². The molecule has 0 radical (unpaired) electrons. The molecule has 0 saturated heterocycles. The number of halogens is 1. The molecular formula is C23H22ClNO4. The topological polar surface area (TPSA) is 68.7 Å². The van der Waals surface area contributed by atoms with E-state index >= 15 is 0 Å². The number of ether oxygens (including phenoxy) is 2. The van der Waals surface area contributed by atoms with E-state index in [9.17, 15) is 9.90 Å². The molecule has 1 heterocycles. The molecule has 0 atom stereocenters. The monoisotopic (exact) mass is 411 g/mol. The highest BCUT2D eigenvalue weighted by atomic mass is 35.5. The minimum atomic E-state index is -0.596. The number of unbranched alkanes of at least 4 members (excludes halogenated alkanes) is 1. The van der Waals surface area contributed by atoms with Crippen LogP contribution in [0.1, 0.15) is 54.7 Å². The summed E-state index contributed by atoms with van der Waals surface area (Å²) in [6.07, 6.45) is 3.74. The fourth-order valence-corrected chi connectivity index (χ4v) is 3.40. The third kappa shape index (κ3) is 4.30. The average Bonchev–Trinajstić information content (AvgIpc) is 3.54. The highest BCUT2D eigenvalue weighted by Crippen LogP contribution is 2.45. The van der Waals surface area contributed by atoms with E-state index in [2.05, 4.69) is 4.98 Å². The number of fused-ring (bicyclic) bond motifs is 1. The maximum atomic E-state index is 12.5. The Morgan fingerprint density at radius 3 is 2.69 bits per heavy atom. The predicted molar refractivity (Wildman–Crippen MR) is 112 cm³/mol. The van der Waals surface area contributed by atoms with Gasteiger partial charge in [-0.15, -0.1) is 0 Å². The molecule has 3 aromatic rings. The average molecular weight is 412 g/mol. The van der Waals surface area contributed by atoms with Crippen LogP contribution in [0.4, 0.5) is 0 Å². The molecule has 1 aromatic heterocycles. The third-order valence-corrected chi connectivity index (χ3v) is 5.13. The molecule has 0 aliphatic heterocycles. The first-order valence-electron chi connectivity index (χ1n) is 9.84. The van der Waals surface area contributed by atoms with Gasteiger partial charge in [-0.1, -0.05) is 31.0 Å². The van der Waals surface area contributed by atoms with Crippen molar-refractivity contribution < 1.29 is 19.4 Å². The Balaban J connectivity index is 1.73. The van der Waals surface area contributed by atoms with Crippen LogP contribution < -0.4 is 4.74 Å². The van der Waals surface area contributed by atoms with E-state index in [4.69, 9.17) is 21.1 Å². The molecule has 0 unspecified atom stereocenters. The summed E-state index contributed by atoms with van der Waals surface area (Å²) in [6.45, 7) is 2.33. The molecule has 2 aromatic carbocycles. The molecule has 0 bridgehead atoms. The molecule has 29 heavy (non-hydrogen) atoms. The van der Waals surface area contributed by atoms with Gasteiger partial charge in [-0.3, -0.25) is 0 Å². The van der Waals surface area contributed by atoms with E-state index < -0.39 is 5.97 Å². The zero-order valence-corrected chi connectivity index (χ0v) is 16.9. The number of hydrogen-bond donors (Lipinski definition) is 1. The standard InChI is InChI=1S/C23H22ClNO4/c1-2-3-11-28-23(27)21-22(26)19-13-17(29-16-6-4-5-15(24)12-16)9-10-18(19)20(25-21)14-7-8-14/h4-6,9-10,12-14,26H,2-3,7-8,11H2,1H3. The van der Waals surface area contributed by atoms with Gasteiger partial charge < -0.3 is 14.6 Å². The Kier molecular flexibility index (Phi) is 5.58. The highest BCUT2D eigenvalue weighted by Gasteiger charge is 2.30. The van der Waals surface area contributed by atoms with Crippen LogP contribution in [0.2, 0.25) is 5.02 Å². The smallest absolute Gasteiger partial charge is 0.360 e. The zero-order chi connectivity index (χ0) is 20.4. The second-order valence-corrected chi connectivity index (χ2v) is 7.66. The van der Waals surface area contributed by atoms with Crippen molar-refractivity contribution in [2.24, 2.45) is 0 Å². The Morgan fingerprint density at radius 2 is 1.97 bits per heavy atom. The highest BCUT2D eigenvalue weighted by molar-refractivity contribution is 6.30. The number of hydrogen-bond acceptors (Lipinski definition) is 5. The summed E-state index contributed by atoms with van der Waals surface area (Å²) in [5.41, 5.74) is 0.796. The largest absolute Gasteiger partial charge is 0.505 e. The summed E-state index contributed by atoms with van der Waals surface area (Å²) < 4.78 is 11.2. The van der Waals surface area contributed by atoms with Crippen LogP contribution in [0, 0.1) is 0 Å². The van der Waals surface area contributed by atoms with Crippen molar-refractivity contribution in [1.82, 2.24) is 4.98 Å². The van der Waals surface area contributed by atoms with Gasteiger partial charge in [-0.2, -0.15) is 0 Å². The number of nitrogens with zero attached hydrogens (tertiary/aromatic N) is 1. The second-order valence-electron chi connectivity index (χ2n) is 7.22. The molecule has 0 spiro atoms. The molecule has 6 heteroatoms. The molecule has 4 rings (SSSR count). The molecule has 1 saturated carbocycles. The lowest BCUT2D eigenvalue weighted by atomic mass is 10.0. The van der Waals surface area contributed by atoms with Gasteiger partial charge in [-0.05, 0) is 55.7 Å². The van der Waals surface area contributed by atoms with Crippen LogP contribution in [-0.4, -0.2) is 22.7 Å². The van der Waals surface area contributed by atoms with Crippen LogP contribution in [0.5, 0.6) is 17.2 Å². The number of esters is 1. The number of rotatable bonds is 7. The molecular weight excluding hydrogens is 390 g/mol. The quantitative estimate of drug-likeness (QED) is 0.369. The molecule has 1 aliphatic carbocycles. The summed E-state index contributed by atoms with van der Waals surface area (Å²) in [5, 5.41) is 12.7. The lowest BCUT2D eigenvalue weighted by Gasteiger charge is -2.13. The first-order valence-corrected chi connectivity index (χ1v) is 10.2. The van der Waals surface area contributed by atoms with Crippen LogP contribution >= 0.6 is 11.6 Å². The maximum absolute atomic E-state index is 12.5. The first-order chi connectivity index (χ1) is 14.1. The predicted octanol–water partition coefficient (Wildman–Crippen LogP) is 6.22. The van der Waals surface area contributed by atoms with Crippen LogP contribution in [-0.2, 0) is 4.74 Å². The van der Waals surface area contributed by atoms with Gasteiger partial charge in [0.1, 0.15) is 11.5 Å². The minimum Gasteiger partial charge on any atom is -0.505 e. The number of carbonyl (C=O) groups excluding carboxylic acids is 1. The van der Waals surface area contributed by atoms with Crippen molar-refractivity contribution in [2.75, 3.05) is 6.61 Å². The Morgan fingerprint density at radius 1 is 1.17 bits per heavy atom. The molecule has 150 valence electrons. The van der Waals surface area contributed by atoms with Gasteiger partial charge in [0.25, 0.3) is 0 Å². The molecule has 5 nitrogen and oxygen atoms in total. The number of aromatic hydroxyl groups is 1. The number of pyridine rings is 1. The van der Waals surface area contributed by atoms with Crippen LogP contribution in [0.3, 0.4) is 0 Å². The van der Waals surface area contributed by atoms with Crippen molar-refractivity contribution in [3.8, 4) is 17.2 Å². The van der Waals surface area contributed by atoms with E-state index in [1.54, 1.807) is 30.3 Å². The van der Waals surface area contributed by atoms with E-state index in [1.807, 2.05) is 19.1 Å². The van der Waals surface area contributed by atoms with Gasteiger partial charge in [0.2, 0.25) is 0 Å². The third-order valence-electron chi connectivity index (χ3n) is 4.90. The molecule has 1 aliphatic rings. The molecule has 0 amide bonds. The first kappa shape index (κ1) is 19.5.